The molecule has 2 heterocycles. The van der Waals surface area contributed by atoms with Crippen LogP contribution in [0.4, 0.5) is 5.95 Å². The number of amides is 1. The summed E-state index contributed by atoms with van der Waals surface area (Å²) in [5.41, 5.74) is 1.38. The summed E-state index contributed by atoms with van der Waals surface area (Å²) in [5.74, 6) is 0.843. The van der Waals surface area contributed by atoms with Gasteiger partial charge >= 0.3 is 0 Å². The van der Waals surface area contributed by atoms with Gasteiger partial charge < -0.3 is 9.15 Å². The van der Waals surface area contributed by atoms with E-state index < -0.39 is 0 Å². The molecule has 7 nitrogen and oxygen atoms in total. The first kappa shape index (κ1) is 12.2. The number of ether oxygens (including phenoxy) is 1. The van der Waals surface area contributed by atoms with Crippen LogP contribution >= 0.6 is 0 Å². The van der Waals surface area contributed by atoms with Crippen LogP contribution in [0.15, 0.2) is 28.9 Å². The lowest BCUT2D eigenvalue weighted by molar-refractivity contribution is 0.0997. The van der Waals surface area contributed by atoms with Crippen molar-refractivity contribution in [2.75, 3.05) is 12.4 Å². The Kier molecular flexibility index (Phi) is 2.86. The third kappa shape index (κ3) is 1.99. The highest BCUT2D eigenvalue weighted by atomic mass is 16.5. The number of hydrogen-bond donors (Lipinski definition) is 2. The highest BCUT2D eigenvalue weighted by Crippen LogP contribution is 2.29. The van der Waals surface area contributed by atoms with Crippen LogP contribution in [-0.2, 0) is 0 Å². The van der Waals surface area contributed by atoms with Crippen molar-refractivity contribution >= 4 is 22.8 Å². The van der Waals surface area contributed by atoms with Gasteiger partial charge in [0, 0.05) is 10.9 Å². The van der Waals surface area contributed by atoms with Gasteiger partial charge in [0.15, 0.2) is 5.76 Å². The van der Waals surface area contributed by atoms with Crippen molar-refractivity contribution in [2.45, 2.75) is 6.92 Å². The monoisotopic (exact) mass is 272 g/mol. The molecule has 7 heteroatoms. The number of hydrogen-bond acceptors (Lipinski definition) is 5. The molecule has 0 aliphatic rings. The van der Waals surface area contributed by atoms with E-state index in [9.17, 15) is 4.79 Å². The molecule has 0 saturated carbocycles. The number of carbonyl (C=O) groups is 1. The highest BCUT2D eigenvalue weighted by Gasteiger charge is 2.18. The summed E-state index contributed by atoms with van der Waals surface area (Å²) in [4.78, 5) is 16.0. The molecule has 0 aliphatic carbocycles. The number of anilines is 1. The van der Waals surface area contributed by atoms with E-state index in [2.05, 4.69) is 20.5 Å². The van der Waals surface area contributed by atoms with Crippen molar-refractivity contribution in [1.82, 2.24) is 15.2 Å². The molecule has 20 heavy (non-hydrogen) atoms. The minimum Gasteiger partial charge on any atom is -0.497 e. The molecule has 0 saturated heterocycles. The molecule has 102 valence electrons. The first-order valence-corrected chi connectivity index (χ1v) is 5.93. The number of nitrogens with zero attached hydrogens (tertiary/aromatic N) is 2. The molecule has 2 aromatic heterocycles. The molecule has 0 bridgehead atoms. The molecule has 0 spiro atoms. The van der Waals surface area contributed by atoms with Crippen molar-refractivity contribution in [1.29, 1.82) is 0 Å². The van der Waals surface area contributed by atoms with E-state index in [0.717, 1.165) is 10.9 Å². The Morgan fingerprint density at radius 2 is 2.30 bits per heavy atom. The fourth-order valence-corrected chi connectivity index (χ4v) is 1.97. The zero-order valence-electron chi connectivity index (χ0n) is 10.9. The van der Waals surface area contributed by atoms with Crippen LogP contribution < -0.4 is 10.1 Å². The number of methoxy groups -OCH3 is 1. The van der Waals surface area contributed by atoms with E-state index in [4.69, 9.17) is 9.15 Å². The summed E-state index contributed by atoms with van der Waals surface area (Å²) in [6.07, 6.45) is 1.31. The summed E-state index contributed by atoms with van der Waals surface area (Å²) in [6.45, 7) is 1.82. The number of carbonyl (C=O) groups excluding carboxylic acids is 1. The number of benzene rings is 1. The number of rotatable bonds is 3. The lowest BCUT2D eigenvalue weighted by Gasteiger charge is -1.99. The van der Waals surface area contributed by atoms with Crippen LogP contribution in [-0.4, -0.2) is 28.2 Å². The maximum absolute atomic E-state index is 12.1. The van der Waals surface area contributed by atoms with Gasteiger partial charge in [-0.3, -0.25) is 10.1 Å². The molecular weight excluding hydrogens is 260 g/mol. The van der Waals surface area contributed by atoms with Gasteiger partial charge in [0.1, 0.15) is 17.7 Å². The molecule has 0 atom stereocenters. The van der Waals surface area contributed by atoms with Crippen LogP contribution in [0.1, 0.15) is 16.1 Å². The number of aromatic amines is 1. The largest absolute Gasteiger partial charge is 0.497 e. The first-order chi connectivity index (χ1) is 9.69. The van der Waals surface area contributed by atoms with Gasteiger partial charge in [-0.1, -0.05) is 0 Å². The molecule has 3 aromatic rings. The average Bonchev–Trinajstić information content (AvgIpc) is 3.07. The molecule has 2 N–H and O–H groups in total. The predicted molar refractivity (Wildman–Crippen MR) is 71.8 cm³/mol. The third-order valence-corrected chi connectivity index (χ3v) is 3.00. The highest BCUT2D eigenvalue weighted by molar-refractivity contribution is 6.05. The Hall–Kier alpha value is -2.83. The molecule has 0 unspecified atom stereocenters. The molecule has 1 amide bonds. The molecule has 1 aromatic carbocycles. The Bertz CT molecular complexity index is 761. The van der Waals surface area contributed by atoms with Crippen LogP contribution in [0.25, 0.3) is 11.0 Å². The average molecular weight is 272 g/mol. The Labute approximate surface area is 114 Å². The second-order valence-corrected chi connectivity index (χ2v) is 4.21. The summed E-state index contributed by atoms with van der Waals surface area (Å²) in [5, 5.41) is 9.63. The summed E-state index contributed by atoms with van der Waals surface area (Å²) in [6, 6.07) is 5.38. The standard InChI is InChI=1S/C13H12N4O3/c1-7-9-5-8(19-2)3-4-10(9)20-11(7)12(18)16-13-14-6-15-17-13/h3-6H,1-2H3,(H2,14,15,16,17,18). The van der Waals surface area contributed by atoms with E-state index in [1.807, 2.05) is 13.0 Å². The second-order valence-electron chi connectivity index (χ2n) is 4.21. The van der Waals surface area contributed by atoms with Crippen molar-refractivity contribution in [3.8, 4) is 5.75 Å². The zero-order chi connectivity index (χ0) is 14.1. The van der Waals surface area contributed by atoms with E-state index in [1.165, 1.54) is 6.33 Å². The number of aromatic nitrogens is 3. The Balaban J connectivity index is 1.99. The second kappa shape index (κ2) is 4.69. The van der Waals surface area contributed by atoms with Crippen molar-refractivity contribution in [2.24, 2.45) is 0 Å². The van der Waals surface area contributed by atoms with Crippen molar-refractivity contribution < 1.29 is 13.9 Å². The number of furan rings is 1. The fourth-order valence-electron chi connectivity index (χ4n) is 1.97. The third-order valence-electron chi connectivity index (χ3n) is 3.00. The smallest absolute Gasteiger partial charge is 0.294 e. The van der Waals surface area contributed by atoms with E-state index in [-0.39, 0.29) is 17.6 Å². The van der Waals surface area contributed by atoms with Gasteiger partial charge in [0.05, 0.1) is 7.11 Å². The van der Waals surface area contributed by atoms with Gasteiger partial charge in [0.25, 0.3) is 5.91 Å². The van der Waals surface area contributed by atoms with Gasteiger partial charge in [-0.2, -0.15) is 10.1 Å². The molecule has 0 aliphatic heterocycles. The maximum atomic E-state index is 12.1. The molecule has 3 rings (SSSR count). The minimum atomic E-state index is -0.380. The molecule has 0 fully saturated rings. The number of nitrogens with one attached hydrogen (secondary N) is 2. The van der Waals surface area contributed by atoms with E-state index in [1.54, 1.807) is 19.2 Å². The molecule has 0 radical (unpaired) electrons. The van der Waals surface area contributed by atoms with Crippen LogP contribution in [0.5, 0.6) is 5.75 Å². The summed E-state index contributed by atoms with van der Waals surface area (Å²) >= 11 is 0. The van der Waals surface area contributed by atoms with Gasteiger partial charge in [-0.05, 0) is 25.1 Å². The van der Waals surface area contributed by atoms with Crippen LogP contribution in [0.3, 0.4) is 0 Å². The van der Waals surface area contributed by atoms with Gasteiger partial charge in [-0.15, -0.1) is 0 Å². The Morgan fingerprint density at radius 1 is 1.45 bits per heavy atom. The number of fused-ring (bicyclic) bond motifs is 1. The van der Waals surface area contributed by atoms with Gasteiger partial charge in [0.2, 0.25) is 5.95 Å². The van der Waals surface area contributed by atoms with E-state index in [0.29, 0.717) is 11.3 Å². The van der Waals surface area contributed by atoms with Crippen LogP contribution in [0.2, 0.25) is 0 Å². The van der Waals surface area contributed by atoms with E-state index >= 15 is 0 Å². The van der Waals surface area contributed by atoms with Crippen molar-refractivity contribution in [3.05, 3.63) is 35.9 Å². The zero-order valence-corrected chi connectivity index (χ0v) is 10.9. The Morgan fingerprint density at radius 3 is 3.00 bits per heavy atom. The summed E-state index contributed by atoms with van der Waals surface area (Å²) < 4.78 is 10.7. The SMILES string of the molecule is COc1ccc2oc(C(=O)Nc3ncn[nH]3)c(C)c2c1. The first-order valence-electron chi connectivity index (χ1n) is 5.93. The maximum Gasteiger partial charge on any atom is 0.294 e. The summed E-state index contributed by atoms with van der Waals surface area (Å²) in [7, 11) is 1.59. The minimum absolute atomic E-state index is 0.240. The predicted octanol–water partition coefficient (Wildman–Crippen LogP) is 2.12. The number of H-pyrrole nitrogens is 1. The van der Waals surface area contributed by atoms with Gasteiger partial charge in [-0.25, -0.2) is 5.10 Å². The van der Waals surface area contributed by atoms with Crippen molar-refractivity contribution in [3.63, 3.8) is 0 Å². The quantitative estimate of drug-likeness (QED) is 0.761. The topological polar surface area (TPSA) is 93.0 Å². The van der Waals surface area contributed by atoms with Crippen LogP contribution in [0, 0.1) is 6.92 Å². The lowest BCUT2D eigenvalue weighted by Crippen LogP contribution is -2.13. The normalized spacial score (nSPS) is 10.7. The number of aryl methyl sites for hydroxylation is 1. The lowest BCUT2D eigenvalue weighted by atomic mass is 10.1. The fraction of sp³-hybridized carbons (Fsp3) is 0.154. The molecular formula is C13H12N4O3.